The van der Waals surface area contributed by atoms with Gasteiger partial charge in [0.05, 0.1) is 0 Å². The first-order chi connectivity index (χ1) is 8.93. The van der Waals surface area contributed by atoms with Crippen LogP contribution in [0, 0.1) is 5.92 Å². The molecule has 106 valence electrons. The Hall–Kier alpha value is -1.07. The molecule has 4 nitrogen and oxygen atoms in total. The number of halogens is 1. The van der Waals surface area contributed by atoms with E-state index in [1.807, 2.05) is 32.0 Å². The number of hydrogen-bond acceptors (Lipinski definition) is 3. The van der Waals surface area contributed by atoms with Gasteiger partial charge in [0.25, 0.3) is 5.91 Å². The maximum atomic E-state index is 11.8. The van der Waals surface area contributed by atoms with E-state index in [-0.39, 0.29) is 5.91 Å². The van der Waals surface area contributed by atoms with E-state index in [1.54, 1.807) is 6.92 Å². The van der Waals surface area contributed by atoms with Crippen LogP contribution in [0.2, 0.25) is 0 Å². The maximum absolute atomic E-state index is 11.8. The minimum Gasteiger partial charge on any atom is -0.481 e. The number of carbonyl (C=O) groups excluding carboxylic acids is 1. The molecule has 0 saturated carbocycles. The van der Waals surface area contributed by atoms with Crippen molar-refractivity contribution in [3.63, 3.8) is 0 Å². The fourth-order valence-corrected chi connectivity index (χ4v) is 1.90. The molecule has 1 aromatic rings. The molecular formula is C14H21BrN2O2. The summed E-state index contributed by atoms with van der Waals surface area (Å²) >= 11 is 3.41. The molecule has 1 unspecified atom stereocenters. The second kappa shape index (κ2) is 7.50. The van der Waals surface area contributed by atoms with E-state index < -0.39 is 6.10 Å². The summed E-state index contributed by atoms with van der Waals surface area (Å²) in [6.45, 7) is 6.91. The van der Waals surface area contributed by atoms with E-state index in [1.165, 1.54) is 0 Å². The lowest BCUT2D eigenvalue weighted by Gasteiger charge is -2.16. The van der Waals surface area contributed by atoms with Gasteiger partial charge in [-0.2, -0.15) is 0 Å². The van der Waals surface area contributed by atoms with Gasteiger partial charge in [0.2, 0.25) is 0 Å². The molecule has 0 aliphatic heterocycles. The van der Waals surface area contributed by atoms with Crippen LogP contribution in [0.25, 0.3) is 0 Å². The number of benzene rings is 1. The van der Waals surface area contributed by atoms with E-state index in [4.69, 9.17) is 10.5 Å². The van der Waals surface area contributed by atoms with E-state index in [9.17, 15) is 4.79 Å². The van der Waals surface area contributed by atoms with Crippen molar-refractivity contribution >= 4 is 21.8 Å². The monoisotopic (exact) mass is 328 g/mol. The highest BCUT2D eigenvalue weighted by Crippen LogP contribution is 2.22. The molecule has 3 N–H and O–H groups in total. The van der Waals surface area contributed by atoms with E-state index in [2.05, 4.69) is 21.2 Å². The molecule has 1 rings (SSSR count). The summed E-state index contributed by atoms with van der Waals surface area (Å²) in [7, 11) is 0. The largest absolute Gasteiger partial charge is 0.481 e. The normalized spacial score (nSPS) is 12.3. The Morgan fingerprint density at radius 3 is 2.68 bits per heavy atom. The molecule has 1 atom stereocenters. The van der Waals surface area contributed by atoms with Crippen LogP contribution in [0.4, 0.5) is 0 Å². The average molecular weight is 329 g/mol. The summed E-state index contributed by atoms with van der Waals surface area (Å²) < 4.78 is 6.56. The average Bonchev–Trinajstić information content (AvgIpc) is 2.37. The first kappa shape index (κ1) is 16.0. The second-order valence-corrected chi connectivity index (χ2v) is 5.71. The van der Waals surface area contributed by atoms with Crippen LogP contribution >= 0.6 is 15.9 Å². The number of rotatable bonds is 6. The van der Waals surface area contributed by atoms with Crippen molar-refractivity contribution in [3.8, 4) is 5.75 Å². The van der Waals surface area contributed by atoms with Crippen molar-refractivity contribution in [2.45, 2.75) is 33.4 Å². The van der Waals surface area contributed by atoms with E-state index in [0.29, 0.717) is 24.8 Å². The first-order valence-electron chi connectivity index (χ1n) is 6.37. The van der Waals surface area contributed by atoms with Gasteiger partial charge in [0.1, 0.15) is 5.75 Å². The number of nitrogens with one attached hydrogen (secondary N) is 1. The van der Waals surface area contributed by atoms with Gasteiger partial charge in [0.15, 0.2) is 6.10 Å². The van der Waals surface area contributed by atoms with Crippen molar-refractivity contribution in [1.29, 1.82) is 0 Å². The van der Waals surface area contributed by atoms with E-state index in [0.717, 1.165) is 10.0 Å². The van der Waals surface area contributed by atoms with Crippen LogP contribution in [0.1, 0.15) is 26.3 Å². The third kappa shape index (κ3) is 5.20. The quantitative estimate of drug-likeness (QED) is 0.843. The molecule has 0 saturated heterocycles. The van der Waals surface area contributed by atoms with Crippen molar-refractivity contribution in [2.24, 2.45) is 11.7 Å². The number of amides is 1. The molecule has 0 aliphatic carbocycles. The SMILES string of the molecule is CC(C)CNC(=O)C(C)Oc1ccc(Br)c(CN)c1. The van der Waals surface area contributed by atoms with Crippen LogP contribution in [-0.4, -0.2) is 18.6 Å². The number of nitrogens with two attached hydrogens (primary N) is 1. The lowest BCUT2D eigenvalue weighted by Crippen LogP contribution is -2.38. The summed E-state index contributed by atoms with van der Waals surface area (Å²) in [5.74, 6) is 0.967. The molecule has 0 aliphatic rings. The zero-order chi connectivity index (χ0) is 14.4. The molecule has 0 radical (unpaired) electrons. The van der Waals surface area contributed by atoms with Crippen molar-refractivity contribution in [2.75, 3.05) is 6.54 Å². The highest BCUT2D eigenvalue weighted by atomic mass is 79.9. The summed E-state index contributed by atoms with van der Waals surface area (Å²) in [5, 5.41) is 2.84. The van der Waals surface area contributed by atoms with Gasteiger partial charge in [-0.1, -0.05) is 29.8 Å². The minimum absolute atomic E-state index is 0.106. The van der Waals surface area contributed by atoms with Crippen molar-refractivity contribution < 1.29 is 9.53 Å². The molecule has 1 amide bonds. The second-order valence-electron chi connectivity index (χ2n) is 4.86. The highest BCUT2D eigenvalue weighted by molar-refractivity contribution is 9.10. The fourth-order valence-electron chi connectivity index (χ4n) is 1.49. The molecule has 5 heteroatoms. The number of hydrogen-bond donors (Lipinski definition) is 2. The fraction of sp³-hybridized carbons (Fsp3) is 0.500. The smallest absolute Gasteiger partial charge is 0.260 e. The summed E-state index contributed by atoms with van der Waals surface area (Å²) in [6, 6.07) is 5.53. The molecule has 0 bridgehead atoms. The van der Waals surface area contributed by atoms with Crippen molar-refractivity contribution in [3.05, 3.63) is 28.2 Å². The lowest BCUT2D eigenvalue weighted by molar-refractivity contribution is -0.127. The Balaban J connectivity index is 2.61. The summed E-state index contributed by atoms with van der Waals surface area (Å²) in [5.41, 5.74) is 6.58. The molecular weight excluding hydrogens is 308 g/mol. The third-order valence-electron chi connectivity index (χ3n) is 2.60. The van der Waals surface area contributed by atoms with Gasteiger partial charge in [-0.25, -0.2) is 0 Å². The molecule has 0 aromatic heterocycles. The summed E-state index contributed by atoms with van der Waals surface area (Å²) in [6.07, 6.45) is -0.523. The van der Waals surface area contributed by atoms with Gasteiger partial charge < -0.3 is 15.8 Å². The zero-order valence-corrected chi connectivity index (χ0v) is 13.2. The Kier molecular flexibility index (Phi) is 6.31. The molecule has 1 aromatic carbocycles. The van der Waals surface area contributed by atoms with Gasteiger partial charge in [-0.05, 0) is 36.6 Å². The lowest BCUT2D eigenvalue weighted by atomic mass is 10.2. The number of carbonyl (C=O) groups is 1. The Bertz CT molecular complexity index is 435. The van der Waals surface area contributed by atoms with Gasteiger partial charge in [-0.3, -0.25) is 4.79 Å². The van der Waals surface area contributed by atoms with Crippen LogP contribution in [-0.2, 0) is 11.3 Å². The topological polar surface area (TPSA) is 64.3 Å². The third-order valence-corrected chi connectivity index (χ3v) is 3.38. The molecule has 0 fully saturated rings. The zero-order valence-electron chi connectivity index (χ0n) is 11.6. The minimum atomic E-state index is -0.523. The molecule has 0 spiro atoms. The standard InChI is InChI=1S/C14H21BrN2O2/c1-9(2)8-17-14(18)10(3)19-12-4-5-13(15)11(6-12)7-16/h4-6,9-10H,7-8,16H2,1-3H3,(H,17,18). The van der Waals surface area contributed by atoms with Gasteiger partial charge in [-0.15, -0.1) is 0 Å². The van der Waals surface area contributed by atoms with Gasteiger partial charge >= 0.3 is 0 Å². The van der Waals surface area contributed by atoms with Crippen molar-refractivity contribution in [1.82, 2.24) is 5.32 Å². The van der Waals surface area contributed by atoms with Crippen LogP contribution in [0.5, 0.6) is 5.75 Å². The van der Waals surface area contributed by atoms with Crippen LogP contribution in [0.3, 0.4) is 0 Å². The Morgan fingerprint density at radius 1 is 1.42 bits per heavy atom. The summed E-state index contributed by atoms with van der Waals surface area (Å²) in [4.78, 5) is 11.8. The molecule has 0 heterocycles. The predicted octanol–water partition coefficient (Wildman–Crippen LogP) is 2.45. The number of ether oxygens (including phenoxy) is 1. The molecule has 19 heavy (non-hydrogen) atoms. The maximum Gasteiger partial charge on any atom is 0.260 e. The van der Waals surface area contributed by atoms with E-state index >= 15 is 0 Å². The Labute approximate surface area is 122 Å². The Morgan fingerprint density at radius 2 is 2.11 bits per heavy atom. The predicted molar refractivity (Wildman–Crippen MR) is 80.0 cm³/mol. The van der Waals surface area contributed by atoms with Gasteiger partial charge in [0, 0.05) is 17.6 Å². The highest BCUT2D eigenvalue weighted by Gasteiger charge is 2.15. The first-order valence-corrected chi connectivity index (χ1v) is 7.16. The van der Waals surface area contributed by atoms with Crippen LogP contribution < -0.4 is 15.8 Å². The van der Waals surface area contributed by atoms with Crippen LogP contribution in [0.15, 0.2) is 22.7 Å².